The van der Waals surface area contributed by atoms with E-state index >= 15 is 0 Å². The molecule has 0 aliphatic rings. The van der Waals surface area contributed by atoms with Gasteiger partial charge in [-0.3, -0.25) is 0 Å². The highest BCUT2D eigenvalue weighted by molar-refractivity contribution is 5.83. The van der Waals surface area contributed by atoms with E-state index in [2.05, 4.69) is 10.1 Å². The number of fused-ring (bicyclic) bond motifs is 1. The van der Waals surface area contributed by atoms with Gasteiger partial charge in [-0.25, -0.2) is 0 Å². The number of aliphatic hydroxyl groups excluding tert-OH is 1. The molecule has 0 atom stereocenters. The average molecular weight is 243 g/mol. The number of hydrogen-bond acceptors (Lipinski definition) is 4. The van der Waals surface area contributed by atoms with E-state index < -0.39 is 0 Å². The lowest BCUT2D eigenvalue weighted by Crippen LogP contribution is -1.99. The third kappa shape index (κ3) is 1.78. The van der Waals surface area contributed by atoms with Crippen molar-refractivity contribution in [1.82, 2.24) is 14.7 Å². The molecule has 0 fully saturated rings. The van der Waals surface area contributed by atoms with E-state index in [1.54, 1.807) is 6.92 Å². The lowest BCUT2D eigenvalue weighted by atomic mass is 10.2. The van der Waals surface area contributed by atoms with Gasteiger partial charge in [-0.15, -0.1) is 0 Å². The van der Waals surface area contributed by atoms with Crippen molar-refractivity contribution in [3.8, 4) is 0 Å². The fourth-order valence-electron chi connectivity index (χ4n) is 2.14. The van der Waals surface area contributed by atoms with Gasteiger partial charge in [0.05, 0.1) is 13.2 Å². The second-order valence-corrected chi connectivity index (χ2v) is 4.19. The van der Waals surface area contributed by atoms with Crippen LogP contribution in [0.3, 0.4) is 0 Å². The zero-order chi connectivity index (χ0) is 12.5. The standard InChI is InChI=1S/C13H13N3O2/c1-9-14-13(15-18-9)7-16-6-10(8-17)11-4-2-3-5-12(11)16/h2-6,17H,7-8H2,1H3. The monoisotopic (exact) mass is 243 g/mol. The van der Waals surface area contributed by atoms with Gasteiger partial charge in [0.15, 0.2) is 5.82 Å². The van der Waals surface area contributed by atoms with Gasteiger partial charge in [-0.1, -0.05) is 23.4 Å². The largest absolute Gasteiger partial charge is 0.392 e. The molecule has 0 bridgehead atoms. The number of rotatable bonds is 3. The minimum absolute atomic E-state index is 0.0266. The second kappa shape index (κ2) is 4.27. The van der Waals surface area contributed by atoms with Crippen LogP contribution < -0.4 is 0 Å². The number of aliphatic hydroxyl groups is 1. The van der Waals surface area contributed by atoms with E-state index in [1.807, 2.05) is 35.0 Å². The molecule has 0 unspecified atom stereocenters. The summed E-state index contributed by atoms with van der Waals surface area (Å²) in [6.45, 7) is 2.33. The highest BCUT2D eigenvalue weighted by Crippen LogP contribution is 2.21. The van der Waals surface area contributed by atoms with Gasteiger partial charge in [-0.2, -0.15) is 4.98 Å². The summed E-state index contributed by atoms with van der Waals surface area (Å²) in [5.74, 6) is 1.20. The zero-order valence-corrected chi connectivity index (χ0v) is 10.00. The van der Waals surface area contributed by atoms with Crippen LogP contribution in [0.2, 0.25) is 0 Å². The van der Waals surface area contributed by atoms with Crippen molar-refractivity contribution >= 4 is 10.9 Å². The topological polar surface area (TPSA) is 64.1 Å². The van der Waals surface area contributed by atoms with E-state index in [0.29, 0.717) is 18.3 Å². The van der Waals surface area contributed by atoms with Crippen molar-refractivity contribution in [3.63, 3.8) is 0 Å². The first-order valence-corrected chi connectivity index (χ1v) is 5.74. The molecular formula is C13H13N3O2. The van der Waals surface area contributed by atoms with Crippen LogP contribution in [0.15, 0.2) is 35.0 Å². The van der Waals surface area contributed by atoms with Crippen LogP contribution in [0.4, 0.5) is 0 Å². The summed E-state index contributed by atoms with van der Waals surface area (Å²) in [7, 11) is 0. The number of aromatic nitrogens is 3. The molecule has 1 N–H and O–H groups in total. The summed E-state index contributed by atoms with van der Waals surface area (Å²) in [5, 5.41) is 14.3. The lowest BCUT2D eigenvalue weighted by molar-refractivity contribution is 0.283. The highest BCUT2D eigenvalue weighted by Gasteiger charge is 2.09. The molecule has 2 aromatic heterocycles. The van der Waals surface area contributed by atoms with Crippen LogP contribution in [-0.4, -0.2) is 19.8 Å². The molecule has 0 aliphatic heterocycles. The Balaban J connectivity index is 2.06. The zero-order valence-electron chi connectivity index (χ0n) is 10.00. The summed E-state index contributed by atoms with van der Waals surface area (Å²) in [4.78, 5) is 4.19. The molecule has 5 nitrogen and oxygen atoms in total. The van der Waals surface area contributed by atoms with Gasteiger partial charge in [0.25, 0.3) is 0 Å². The molecule has 3 rings (SSSR count). The van der Waals surface area contributed by atoms with Crippen LogP contribution in [0.25, 0.3) is 10.9 Å². The Bertz CT molecular complexity index is 684. The summed E-state index contributed by atoms with van der Waals surface area (Å²) < 4.78 is 6.98. The van der Waals surface area contributed by atoms with E-state index in [1.165, 1.54) is 0 Å². The van der Waals surface area contributed by atoms with Crippen LogP contribution in [-0.2, 0) is 13.2 Å². The molecule has 0 aliphatic carbocycles. The van der Waals surface area contributed by atoms with Crippen LogP contribution in [0, 0.1) is 6.92 Å². The Morgan fingerprint density at radius 1 is 1.33 bits per heavy atom. The average Bonchev–Trinajstić information content (AvgIpc) is 2.95. The molecular weight excluding hydrogens is 230 g/mol. The third-order valence-electron chi connectivity index (χ3n) is 2.92. The number of hydrogen-bond donors (Lipinski definition) is 1. The molecule has 5 heteroatoms. The van der Waals surface area contributed by atoms with Gasteiger partial charge >= 0.3 is 0 Å². The first kappa shape index (κ1) is 11.0. The molecule has 0 saturated heterocycles. The van der Waals surface area contributed by atoms with Crippen molar-refractivity contribution < 1.29 is 9.63 Å². The molecule has 0 spiro atoms. The minimum Gasteiger partial charge on any atom is -0.392 e. The first-order valence-electron chi connectivity index (χ1n) is 5.74. The molecule has 3 aromatic rings. The van der Waals surface area contributed by atoms with Gasteiger partial charge in [-0.05, 0) is 6.07 Å². The maximum atomic E-state index is 9.36. The van der Waals surface area contributed by atoms with Crippen molar-refractivity contribution in [2.45, 2.75) is 20.1 Å². The molecule has 2 heterocycles. The Morgan fingerprint density at radius 3 is 2.89 bits per heavy atom. The maximum absolute atomic E-state index is 9.36. The maximum Gasteiger partial charge on any atom is 0.223 e. The summed E-state index contributed by atoms with van der Waals surface area (Å²) >= 11 is 0. The first-order chi connectivity index (χ1) is 8.78. The van der Waals surface area contributed by atoms with Crippen molar-refractivity contribution in [2.75, 3.05) is 0 Å². The Hall–Kier alpha value is -2.14. The summed E-state index contributed by atoms with van der Waals surface area (Å²) in [6.07, 6.45) is 1.93. The van der Waals surface area contributed by atoms with E-state index in [0.717, 1.165) is 16.5 Å². The SMILES string of the molecule is Cc1nc(Cn2cc(CO)c3ccccc32)no1. The molecule has 0 radical (unpaired) electrons. The molecule has 92 valence electrons. The fraction of sp³-hybridized carbons (Fsp3) is 0.231. The molecule has 0 amide bonds. The van der Waals surface area contributed by atoms with Crippen molar-refractivity contribution in [2.24, 2.45) is 0 Å². The second-order valence-electron chi connectivity index (χ2n) is 4.19. The Kier molecular flexibility index (Phi) is 2.60. The van der Waals surface area contributed by atoms with Crippen LogP contribution >= 0.6 is 0 Å². The number of para-hydroxylation sites is 1. The lowest BCUT2D eigenvalue weighted by Gasteiger charge is -2.00. The molecule has 18 heavy (non-hydrogen) atoms. The Labute approximate surface area is 104 Å². The van der Waals surface area contributed by atoms with Gasteiger partial charge in [0, 0.05) is 29.6 Å². The number of nitrogens with zero attached hydrogens (tertiary/aromatic N) is 3. The van der Waals surface area contributed by atoms with Crippen molar-refractivity contribution in [3.05, 3.63) is 47.7 Å². The number of aryl methyl sites for hydroxylation is 1. The fourth-order valence-corrected chi connectivity index (χ4v) is 2.14. The van der Waals surface area contributed by atoms with Crippen LogP contribution in [0.1, 0.15) is 17.3 Å². The van der Waals surface area contributed by atoms with E-state index in [4.69, 9.17) is 4.52 Å². The molecule has 1 aromatic carbocycles. The third-order valence-corrected chi connectivity index (χ3v) is 2.92. The molecule has 0 saturated carbocycles. The van der Waals surface area contributed by atoms with Crippen molar-refractivity contribution in [1.29, 1.82) is 0 Å². The van der Waals surface area contributed by atoms with E-state index in [9.17, 15) is 5.11 Å². The predicted octanol–water partition coefficient (Wildman–Crippen LogP) is 1.87. The van der Waals surface area contributed by atoms with Gasteiger partial charge in [0.2, 0.25) is 5.89 Å². The Morgan fingerprint density at radius 2 is 2.17 bits per heavy atom. The van der Waals surface area contributed by atoms with Gasteiger partial charge < -0.3 is 14.2 Å². The van der Waals surface area contributed by atoms with E-state index in [-0.39, 0.29) is 6.61 Å². The van der Waals surface area contributed by atoms with Crippen LogP contribution in [0.5, 0.6) is 0 Å². The minimum atomic E-state index is 0.0266. The predicted molar refractivity (Wildman–Crippen MR) is 66.0 cm³/mol. The summed E-state index contributed by atoms with van der Waals surface area (Å²) in [5.41, 5.74) is 1.97. The number of benzene rings is 1. The normalized spacial score (nSPS) is 11.2. The smallest absolute Gasteiger partial charge is 0.223 e. The summed E-state index contributed by atoms with van der Waals surface area (Å²) in [6, 6.07) is 7.95. The highest BCUT2D eigenvalue weighted by atomic mass is 16.5. The quantitative estimate of drug-likeness (QED) is 0.762. The van der Waals surface area contributed by atoms with Gasteiger partial charge in [0.1, 0.15) is 0 Å².